The van der Waals surface area contributed by atoms with E-state index in [2.05, 4.69) is 11.8 Å². The first kappa shape index (κ1) is 17.4. The Morgan fingerprint density at radius 2 is 1.73 bits per heavy atom. The molecule has 1 heterocycles. The minimum atomic E-state index is -1.09. The van der Waals surface area contributed by atoms with Crippen LogP contribution in [-0.2, 0) is 9.59 Å². The fourth-order valence-corrected chi connectivity index (χ4v) is 4.95. The van der Waals surface area contributed by atoms with Crippen molar-refractivity contribution in [2.75, 3.05) is 31.1 Å². The van der Waals surface area contributed by atoms with Crippen molar-refractivity contribution in [2.45, 2.75) is 13.3 Å². The quantitative estimate of drug-likeness (QED) is 0.753. The number of carboxylic acids is 1. The number of nitrogens with zero attached hydrogens (tertiary/aromatic N) is 2. The van der Waals surface area contributed by atoms with Gasteiger partial charge in [0.05, 0.1) is 5.92 Å². The summed E-state index contributed by atoms with van der Waals surface area (Å²) in [6, 6.07) is 5.84. The number of carbonyl (C=O) groups excluding carboxylic acids is 2. The number of halogens is 1. The molecule has 1 aromatic rings. The normalized spacial score (nSPS) is 30.1. The number of aliphatic carboxylic acids is 1. The van der Waals surface area contributed by atoms with Crippen molar-refractivity contribution in [1.29, 1.82) is 0 Å². The van der Waals surface area contributed by atoms with Gasteiger partial charge in [0.25, 0.3) is 0 Å². The van der Waals surface area contributed by atoms with Crippen molar-refractivity contribution in [3.8, 4) is 0 Å². The average Bonchev–Trinajstić information content (AvgIpc) is 3.24. The topological polar surface area (TPSA) is 63.7 Å². The first-order valence-corrected chi connectivity index (χ1v) is 9.52. The number of piperazine rings is 1. The van der Waals surface area contributed by atoms with Crippen LogP contribution in [0.4, 0.5) is 5.69 Å². The minimum absolute atomic E-state index is 0.0292. The molecule has 4 atom stereocenters. The molecule has 0 spiro atoms. The van der Waals surface area contributed by atoms with Gasteiger partial charge in [-0.25, -0.2) is 0 Å². The summed E-state index contributed by atoms with van der Waals surface area (Å²) in [5, 5.41) is 12.3. The van der Waals surface area contributed by atoms with E-state index in [1.165, 1.54) is 0 Å². The molecule has 1 aromatic carbocycles. The van der Waals surface area contributed by atoms with Crippen LogP contribution < -0.4 is 10.0 Å². The number of carbonyl (C=O) groups is 2. The number of allylic oxidation sites excluding steroid dienone is 2. The van der Waals surface area contributed by atoms with E-state index in [-0.39, 0.29) is 17.7 Å². The number of fused-ring (bicyclic) bond motifs is 2. The summed E-state index contributed by atoms with van der Waals surface area (Å²) in [6.07, 6.45) is 4.71. The smallest absolute Gasteiger partial charge is 0.227 e. The van der Waals surface area contributed by atoms with Crippen LogP contribution in [0.3, 0.4) is 0 Å². The van der Waals surface area contributed by atoms with Gasteiger partial charge in [0.2, 0.25) is 5.91 Å². The Hall–Kier alpha value is -2.01. The van der Waals surface area contributed by atoms with Crippen molar-refractivity contribution < 1.29 is 14.7 Å². The largest absolute Gasteiger partial charge is 0.550 e. The number of amides is 1. The van der Waals surface area contributed by atoms with Gasteiger partial charge in [-0.15, -0.1) is 0 Å². The second-order valence-corrected chi connectivity index (χ2v) is 8.00. The second kappa shape index (κ2) is 6.62. The van der Waals surface area contributed by atoms with Crippen LogP contribution in [0.25, 0.3) is 0 Å². The number of carboxylic acid groups (broad SMARTS) is 1. The van der Waals surface area contributed by atoms with Crippen LogP contribution in [0.5, 0.6) is 0 Å². The third kappa shape index (κ3) is 2.88. The van der Waals surface area contributed by atoms with E-state index in [1.807, 2.05) is 35.3 Å². The highest BCUT2D eigenvalue weighted by Crippen LogP contribution is 2.48. The van der Waals surface area contributed by atoms with E-state index in [1.54, 1.807) is 0 Å². The van der Waals surface area contributed by atoms with Crippen LogP contribution in [0, 0.1) is 30.6 Å². The van der Waals surface area contributed by atoms with E-state index in [0.29, 0.717) is 18.1 Å². The van der Waals surface area contributed by atoms with Crippen molar-refractivity contribution in [2.24, 2.45) is 23.7 Å². The Balaban J connectivity index is 1.45. The second-order valence-electron chi connectivity index (χ2n) is 7.56. The lowest BCUT2D eigenvalue weighted by molar-refractivity contribution is -0.313. The van der Waals surface area contributed by atoms with Crippen molar-refractivity contribution in [3.05, 3.63) is 40.9 Å². The summed E-state index contributed by atoms with van der Waals surface area (Å²) in [7, 11) is 0. The van der Waals surface area contributed by atoms with Crippen molar-refractivity contribution in [3.63, 3.8) is 0 Å². The molecule has 0 N–H and O–H groups in total. The number of anilines is 1. The first-order chi connectivity index (χ1) is 12.5. The SMILES string of the molecule is Cc1ccc(Cl)cc1N1CCN(C(=O)[C@@H]2[C@@H](C(=O)[O-])[C@@H]3C=C[C@@H]2C3)CC1. The Morgan fingerprint density at radius 1 is 1.08 bits per heavy atom. The van der Waals surface area contributed by atoms with E-state index in [0.717, 1.165) is 30.8 Å². The Kier molecular flexibility index (Phi) is 4.43. The monoisotopic (exact) mass is 373 g/mol. The minimum Gasteiger partial charge on any atom is -0.550 e. The van der Waals surface area contributed by atoms with Crippen LogP contribution >= 0.6 is 11.6 Å². The fraction of sp³-hybridized carbons (Fsp3) is 0.500. The lowest BCUT2D eigenvalue weighted by atomic mass is 9.82. The molecular formula is C20H22ClN2O3-. The maximum absolute atomic E-state index is 13.0. The zero-order valence-corrected chi connectivity index (χ0v) is 15.5. The van der Waals surface area contributed by atoms with Crippen molar-refractivity contribution >= 4 is 29.2 Å². The highest BCUT2D eigenvalue weighted by Gasteiger charge is 2.50. The van der Waals surface area contributed by atoms with Gasteiger partial charge in [-0.3, -0.25) is 4.79 Å². The van der Waals surface area contributed by atoms with Crippen LogP contribution in [-0.4, -0.2) is 43.0 Å². The average molecular weight is 374 g/mol. The molecule has 1 aliphatic heterocycles. The number of hydrogen-bond donors (Lipinski definition) is 0. The van der Waals surface area contributed by atoms with Gasteiger partial charge in [-0.2, -0.15) is 0 Å². The maximum atomic E-state index is 13.0. The predicted octanol–water partition coefficient (Wildman–Crippen LogP) is 1.49. The molecule has 2 bridgehead atoms. The summed E-state index contributed by atoms with van der Waals surface area (Å²) >= 11 is 6.12. The van der Waals surface area contributed by atoms with Gasteiger partial charge in [-0.05, 0) is 42.9 Å². The van der Waals surface area contributed by atoms with Crippen LogP contribution in [0.2, 0.25) is 5.02 Å². The lowest BCUT2D eigenvalue weighted by Gasteiger charge is -2.39. The molecular weight excluding hydrogens is 352 g/mol. The van der Waals surface area contributed by atoms with Gasteiger partial charge in [0, 0.05) is 48.8 Å². The molecule has 138 valence electrons. The molecule has 4 rings (SSSR count). The van der Waals surface area contributed by atoms with E-state index < -0.39 is 17.8 Å². The molecule has 26 heavy (non-hydrogen) atoms. The van der Waals surface area contributed by atoms with Gasteiger partial charge < -0.3 is 19.7 Å². The summed E-state index contributed by atoms with van der Waals surface area (Å²) in [5.41, 5.74) is 2.25. The molecule has 5 nitrogen and oxygen atoms in total. The third-order valence-electron chi connectivity index (χ3n) is 6.12. The Bertz CT molecular complexity index is 770. The first-order valence-electron chi connectivity index (χ1n) is 9.15. The molecule has 1 saturated heterocycles. The highest BCUT2D eigenvalue weighted by molar-refractivity contribution is 6.30. The van der Waals surface area contributed by atoms with Gasteiger partial charge >= 0.3 is 0 Å². The van der Waals surface area contributed by atoms with Gasteiger partial charge in [-0.1, -0.05) is 29.8 Å². The summed E-state index contributed by atoms with van der Waals surface area (Å²) < 4.78 is 0. The third-order valence-corrected chi connectivity index (χ3v) is 6.35. The number of hydrogen-bond acceptors (Lipinski definition) is 4. The molecule has 0 unspecified atom stereocenters. The van der Waals surface area contributed by atoms with Crippen molar-refractivity contribution in [1.82, 2.24) is 4.90 Å². The Labute approximate surface area is 158 Å². The van der Waals surface area contributed by atoms with Crippen LogP contribution in [0.1, 0.15) is 12.0 Å². The van der Waals surface area contributed by atoms with Crippen LogP contribution in [0.15, 0.2) is 30.4 Å². The number of benzene rings is 1. The van der Waals surface area contributed by atoms with Gasteiger partial charge in [0.15, 0.2) is 0 Å². The molecule has 1 amide bonds. The molecule has 0 aromatic heterocycles. The fourth-order valence-electron chi connectivity index (χ4n) is 4.78. The molecule has 0 radical (unpaired) electrons. The Morgan fingerprint density at radius 3 is 2.38 bits per heavy atom. The van der Waals surface area contributed by atoms with E-state index in [9.17, 15) is 14.7 Å². The summed E-state index contributed by atoms with van der Waals surface area (Å²) in [5.74, 6) is -2.26. The molecule has 1 saturated carbocycles. The zero-order chi connectivity index (χ0) is 18.4. The summed E-state index contributed by atoms with van der Waals surface area (Å²) in [4.78, 5) is 28.7. The highest BCUT2D eigenvalue weighted by atomic mass is 35.5. The predicted molar refractivity (Wildman–Crippen MR) is 97.7 cm³/mol. The molecule has 2 fully saturated rings. The molecule has 6 heteroatoms. The maximum Gasteiger partial charge on any atom is 0.227 e. The number of aryl methyl sites for hydroxylation is 1. The van der Waals surface area contributed by atoms with E-state index >= 15 is 0 Å². The van der Waals surface area contributed by atoms with E-state index in [4.69, 9.17) is 11.6 Å². The summed E-state index contributed by atoms with van der Waals surface area (Å²) in [6.45, 7) is 4.69. The lowest BCUT2D eigenvalue weighted by Crippen LogP contribution is -2.53. The van der Waals surface area contributed by atoms with Gasteiger partial charge in [0.1, 0.15) is 0 Å². The standard InChI is InChI=1S/C20H23ClN2O3/c1-12-2-5-15(21)11-16(12)22-6-8-23(9-7-22)19(24)17-13-3-4-14(10-13)18(17)20(25)26/h2-5,11,13-14,17-18H,6-10H2,1H3,(H,25,26)/p-1/t13-,14-,17+,18+/m1/s1. The molecule has 2 aliphatic carbocycles. The number of rotatable bonds is 3. The zero-order valence-electron chi connectivity index (χ0n) is 14.7. The molecule has 3 aliphatic rings.